The van der Waals surface area contributed by atoms with Crippen LogP contribution in [0.2, 0.25) is 0 Å². The molecule has 0 radical (unpaired) electrons. The molecule has 0 amide bonds. The number of nitrogens with zero attached hydrogens (tertiary/aromatic N) is 4. The van der Waals surface area contributed by atoms with Gasteiger partial charge in [-0.2, -0.15) is 0 Å². The topological polar surface area (TPSA) is 54.2 Å². The number of rotatable bonds is 8. The first-order chi connectivity index (χ1) is 13.3. The zero-order chi connectivity index (χ0) is 18.6. The molecular weight excluding hydrogens is 336 g/mol. The third kappa shape index (κ3) is 4.41. The molecule has 2 heterocycles. The first-order valence-corrected chi connectivity index (χ1v) is 10.6. The summed E-state index contributed by atoms with van der Waals surface area (Å²) in [4.78, 5) is 2.56. The maximum atomic E-state index is 10.9. The zero-order valence-electron chi connectivity index (χ0n) is 16.4. The maximum absolute atomic E-state index is 10.9. The van der Waals surface area contributed by atoms with E-state index < -0.39 is 6.10 Å². The first-order valence-electron chi connectivity index (χ1n) is 10.6. The molecule has 2 aromatic rings. The van der Waals surface area contributed by atoms with Crippen LogP contribution in [0.25, 0.3) is 0 Å². The molecule has 1 aromatic heterocycles. The molecular formula is C22H32N4O. The van der Waals surface area contributed by atoms with Crippen LogP contribution in [0.5, 0.6) is 0 Å². The lowest BCUT2D eigenvalue weighted by molar-refractivity contribution is -0.00775. The molecule has 1 N–H and O–H groups in total. The van der Waals surface area contributed by atoms with Gasteiger partial charge in [0.05, 0.1) is 17.8 Å². The van der Waals surface area contributed by atoms with Crippen LogP contribution in [0, 0.1) is 0 Å². The zero-order valence-corrected chi connectivity index (χ0v) is 16.4. The second-order valence-corrected chi connectivity index (χ2v) is 8.25. The van der Waals surface area contributed by atoms with Gasteiger partial charge in [0.25, 0.3) is 0 Å². The van der Waals surface area contributed by atoms with Gasteiger partial charge in [-0.25, -0.2) is 4.68 Å². The maximum Gasteiger partial charge on any atom is 0.0923 e. The molecule has 2 aliphatic rings. The summed E-state index contributed by atoms with van der Waals surface area (Å²) >= 11 is 0. The molecule has 27 heavy (non-hydrogen) atoms. The number of aliphatic hydroxyl groups is 1. The lowest BCUT2D eigenvalue weighted by Crippen LogP contribution is -2.46. The Bertz CT molecular complexity index is 712. The minimum Gasteiger partial charge on any atom is -0.391 e. The molecule has 3 atom stereocenters. The highest BCUT2D eigenvalue weighted by Crippen LogP contribution is 2.40. The third-order valence-electron chi connectivity index (χ3n) is 6.12. The highest BCUT2D eigenvalue weighted by molar-refractivity contribution is 5.20. The van der Waals surface area contributed by atoms with Crippen molar-refractivity contribution in [3.63, 3.8) is 0 Å². The van der Waals surface area contributed by atoms with E-state index in [4.69, 9.17) is 0 Å². The van der Waals surface area contributed by atoms with Crippen molar-refractivity contribution in [2.24, 2.45) is 0 Å². The first kappa shape index (κ1) is 18.6. The lowest BCUT2D eigenvalue weighted by atomic mass is 9.90. The summed E-state index contributed by atoms with van der Waals surface area (Å²) < 4.78 is 1.93. The fourth-order valence-electron chi connectivity index (χ4n) is 4.31. The van der Waals surface area contributed by atoms with Crippen molar-refractivity contribution in [3.8, 4) is 0 Å². The molecule has 4 rings (SSSR count). The number of aliphatic hydroxyl groups excluding tert-OH is 1. The van der Waals surface area contributed by atoms with Crippen LogP contribution in [0.15, 0.2) is 36.5 Å². The number of piperidine rings is 1. The Kier molecular flexibility index (Phi) is 5.89. The molecule has 0 spiro atoms. The van der Waals surface area contributed by atoms with Crippen molar-refractivity contribution >= 4 is 0 Å². The van der Waals surface area contributed by atoms with Gasteiger partial charge in [0.1, 0.15) is 0 Å². The standard InChI is InChI=1S/C22H32N4O/c1-2-3-4-8-13-25-16-21(26-15-19(23-24-26)17-11-12-17)22(27)14-20(25)18-9-6-5-7-10-18/h5-7,9-10,15,17,20-22,27H,2-4,8,11-14,16H2,1H3/t20-,21-,22-/m0/s1. The molecule has 1 aliphatic heterocycles. The molecule has 0 bridgehead atoms. The van der Waals surface area contributed by atoms with E-state index in [2.05, 4.69) is 58.7 Å². The van der Waals surface area contributed by atoms with Gasteiger partial charge < -0.3 is 5.11 Å². The Hall–Kier alpha value is -1.72. The van der Waals surface area contributed by atoms with Gasteiger partial charge in [-0.05, 0) is 37.8 Å². The molecule has 5 nitrogen and oxygen atoms in total. The molecule has 146 valence electrons. The van der Waals surface area contributed by atoms with E-state index in [0.29, 0.717) is 5.92 Å². The van der Waals surface area contributed by atoms with Crippen LogP contribution in [-0.2, 0) is 0 Å². The molecule has 1 aromatic carbocycles. The smallest absolute Gasteiger partial charge is 0.0923 e. The van der Waals surface area contributed by atoms with E-state index in [0.717, 1.165) is 25.2 Å². The van der Waals surface area contributed by atoms with Gasteiger partial charge in [-0.1, -0.05) is 61.7 Å². The van der Waals surface area contributed by atoms with Crippen molar-refractivity contribution in [2.45, 2.75) is 76.0 Å². The quantitative estimate of drug-likeness (QED) is 0.713. The van der Waals surface area contributed by atoms with E-state index in [1.165, 1.54) is 44.1 Å². The number of aromatic nitrogens is 3. The van der Waals surface area contributed by atoms with E-state index >= 15 is 0 Å². The second-order valence-electron chi connectivity index (χ2n) is 8.25. The summed E-state index contributed by atoms with van der Waals surface area (Å²) in [6, 6.07) is 10.9. The summed E-state index contributed by atoms with van der Waals surface area (Å²) in [7, 11) is 0. The molecule has 5 heteroatoms. The molecule has 1 saturated heterocycles. The molecule has 1 aliphatic carbocycles. The van der Waals surface area contributed by atoms with Gasteiger partial charge in [0.15, 0.2) is 0 Å². The van der Waals surface area contributed by atoms with Crippen molar-refractivity contribution in [2.75, 3.05) is 13.1 Å². The monoisotopic (exact) mass is 368 g/mol. The van der Waals surface area contributed by atoms with Crippen molar-refractivity contribution in [1.82, 2.24) is 19.9 Å². The number of unbranched alkanes of at least 4 members (excludes halogenated alkanes) is 3. The van der Waals surface area contributed by atoms with Crippen molar-refractivity contribution in [1.29, 1.82) is 0 Å². The van der Waals surface area contributed by atoms with Gasteiger partial charge in [0, 0.05) is 24.7 Å². The Morgan fingerprint density at radius 3 is 2.67 bits per heavy atom. The molecule has 1 saturated carbocycles. The number of hydrogen-bond donors (Lipinski definition) is 1. The van der Waals surface area contributed by atoms with E-state index in [1.54, 1.807) is 0 Å². The van der Waals surface area contributed by atoms with Crippen LogP contribution >= 0.6 is 0 Å². The number of benzene rings is 1. The van der Waals surface area contributed by atoms with Crippen LogP contribution in [0.1, 0.15) is 81.1 Å². The van der Waals surface area contributed by atoms with Gasteiger partial charge in [-0.15, -0.1) is 5.10 Å². The van der Waals surface area contributed by atoms with Crippen LogP contribution in [-0.4, -0.2) is 44.2 Å². The number of likely N-dealkylation sites (tertiary alicyclic amines) is 1. The van der Waals surface area contributed by atoms with Crippen LogP contribution in [0.4, 0.5) is 0 Å². The predicted octanol–water partition coefficient (Wildman–Crippen LogP) is 4.08. The Morgan fingerprint density at radius 2 is 1.93 bits per heavy atom. The summed E-state index contributed by atoms with van der Waals surface area (Å²) in [5, 5.41) is 19.7. The predicted molar refractivity (Wildman–Crippen MR) is 107 cm³/mol. The summed E-state index contributed by atoms with van der Waals surface area (Å²) in [5.74, 6) is 0.599. The van der Waals surface area contributed by atoms with E-state index in [9.17, 15) is 5.11 Å². The average Bonchev–Trinajstić information content (AvgIpc) is 3.44. The Morgan fingerprint density at radius 1 is 1.11 bits per heavy atom. The van der Waals surface area contributed by atoms with Crippen LogP contribution in [0.3, 0.4) is 0 Å². The normalized spacial score (nSPS) is 26.4. The third-order valence-corrected chi connectivity index (χ3v) is 6.12. The fraction of sp³-hybridized carbons (Fsp3) is 0.636. The largest absolute Gasteiger partial charge is 0.391 e. The molecule has 0 unspecified atom stereocenters. The minimum atomic E-state index is -0.393. The number of hydrogen-bond acceptors (Lipinski definition) is 4. The van der Waals surface area contributed by atoms with Crippen molar-refractivity contribution < 1.29 is 5.11 Å². The highest BCUT2D eigenvalue weighted by Gasteiger charge is 2.37. The van der Waals surface area contributed by atoms with E-state index in [-0.39, 0.29) is 12.1 Å². The van der Waals surface area contributed by atoms with E-state index in [1.807, 2.05) is 4.68 Å². The highest BCUT2D eigenvalue weighted by atomic mass is 16.3. The SMILES string of the molecule is CCCCCCN1C[C@H](n2cc(C3CC3)nn2)[C@@H](O)C[C@H]1c1ccccc1. The second kappa shape index (κ2) is 8.53. The van der Waals surface area contributed by atoms with Crippen molar-refractivity contribution in [3.05, 3.63) is 47.8 Å². The Labute approximate surface area is 162 Å². The minimum absolute atomic E-state index is 0.00358. The average molecular weight is 369 g/mol. The summed E-state index contributed by atoms with van der Waals surface area (Å²) in [6.07, 6.45) is 9.93. The fourth-order valence-corrected chi connectivity index (χ4v) is 4.31. The van der Waals surface area contributed by atoms with Gasteiger partial charge >= 0.3 is 0 Å². The van der Waals surface area contributed by atoms with Gasteiger partial charge in [-0.3, -0.25) is 4.90 Å². The lowest BCUT2D eigenvalue weighted by Gasteiger charge is -2.42. The summed E-state index contributed by atoms with van der Waals surface area (Å²) in [5.41, 5.74) is 2.41. The van der Waals surface area contributed by atoms with Gasteiger partial charge in [0.2, 0.25) is 0 Å². The summed E-state index contributed by atoms with van der Waals surface area (Å²) in [6.45, 7) is 4.16. The Balaban J connectivity index is 1.50. The molecule has 2 fully saturated rings. The van der Waals surface area contributed by atoms with Crippen LogP contribution < -0.4 is 0 Å².